The number of carboxylic acids is 1. The number of carbonyl (C=O) groups is 2. The molecule has 8 nitrogen and oxygen atoms in total. The number of para-hydroxylation sites is 1. The summed E-state index contributed by atoms with van der Waals surface area (Å²) < 4.78 is 1.55. The first-order valence-corrected chi connectivity index (χ1v) is 8.68. The van der Waals surface area contributed by atoms with Gasteiger partial charge in [-0.3, -0.25) is 9.59 Å². The van der Waals surface area contributed by atoms with Gasteiger partial charge in [0.05, 0.1) is 11.9 Å². The van der Waals surface area contributed by atoms with E-state index in [1.807, 2.05) is 42.3 Å². The SMILES string of the molecule is CN1CC[C@H]2CN(C(=O)c3cn(-c4ccccc4)nn3)C[C@@]2(C(=O)O)C1. The Hall–Kier alpha value is -2.74. The Morgan fingerprint density at radius 1 is 1.23 bits per heavy atom. The molecule has 0 unspecified atom stereocenters. The van der Waals surface area contributed by atoms with Gasteiger partial charge in [0.25, 0.3) is 5.91 Å². The lowest BCUT2D eigenvalue weighted by molar-refractivity contribution is -0.153. The van der Waals surface area contributed by atoms with Gasteiger partial charge in [-0.25, -0.2) is 4.68 Å². The highest BCUT2D eigenvalue weighted by Crippen LogP contribution is 2.42. The number of benzene rings is 1. The Kier molecular flexibility index (Phi) is 3.99. The molecule has 2 fully saturated rings. The number of likely N-dealkylation sites (tertiary alicyclic amines) is 2. The number of amides is 1. The molecule has 2 aliphatic heterocycles. The van der Waals surface area contributed by atoms with Gasteiger partial charge in [-0.2, -0.15) is 0 Å². The Labute approximate surface area is 151 Å². The van der Waals surface area contributed by atoms with Gasteiger partial charge >= 0.3 is 5.97 Å². The number of fused-ring (bicyclic) bond motifs is 1. The molecule has 8 heteroatoms. The van der Waals surface area contributed by atoms with Crippen molar-refractivity contribution in [2.45, 2.75) is 6.42 Å². The molecule has 2 aliphatic rings. The van der Waals surface area contributed by atoms with Gasteiger partial charge in [0, 0.05) is 19.6 Å². The quantitative estimate of drug-likeness (QED) is 0.873. The summed E-state index contributed by atoms with van der Waals surface area (Å²) in [4.78, 5) is 28.5. The van der Waals surface area contributed by atoms with E-state index < -0.39 is 11.4 Å². The molecule has 136 valence electrons. The summed E-state index contributed by atoms with van der Waals surface area (Å²) in [7, 11) is 1.93. The Morgan fingerprint density at radius 3 is 2.73 bits per heavy atom. The molecule has 2 atom stereocenters. The van der Waals surface area contributed by atoms with Crippen LogP contribution in [0.4, 0.5) is 0 Å². The Morgan fingerprint density at radius 2 is 2.00 bits per heavy atom. The summed E-state index contributed by atoms with van der Waals surface area (Å²) in [6.07, 6.45) is 2.38. The van der Waals surface area contributed by atoms with Crippen molar-refractivity contribution in [1.82, 2.24) is 24.8 Å². The third-order valence-corrected chi connectivity index (χ3v) is 5.55. The van der Waals surface area contributed by atoms with E-state index in [0.29, 0.717) is 13.1 Å². The van der Waals surface area contributed by atoms with Crippen LogP contribution in [-0.2, 0) is 4.79 Å². The van der Waals surface area contributed by atoms with Gasteiger partial charge in [-0.15, -0.1) is 5.10 Å². The normalized spacial score (nSPS) is 25.9. The number of aromatic nitrogens is 3. The van der Waals surface area contributed by atoms with Crippen molar-refractivity contribution in [3.8, 4) is 5.69 Å². The molecule has 1 amide bonds. The summed E-state index contributed by atoms with van der Waals surface area (Å²) >= 11 is 0. The lowest BCUT2D eigenvalue weighted by Gasteiger charge is -2.39. The van der Waals surface area contributed by atoms with Crippen LogP contribution in [-0.4, -0.2) is 75.0 Å². The molecule has 2 aromatic rings. The number of nitrogens with zero attached hydrogens (tertiary/aromatic N) is 5. The minimum atomic E-state index is -0.891. The maximum Gasteiger partial charge on any atom is 0.313 e. The number of hydrogen-bond donors (Lipinski definition) is 1. The predicted molar refractivity (Wildman–Crippen MR) is 92.9 cm³/mol. The van der Waals surface area contributed by atoms with Gasteiger partial charge in [0.2, 0.25) is 0 Å². The first-order chi connectivity index (χ1) is 12.5. The first kappa shape index (κ1) is 16.7. The van der Waals surface area contributed by atoms with Crippen LogP contribution in [0.15, 0.2) is 36.5 Å². The van der Waals surface area contributed by atoms with Crippen molar-refractivity contribution < 1.29 is 14.7 Å². The van der Waals surface area contributed by atoms with Crippen LogP contribution in [0.2, 0.25) is 0 Å². The molecular weight excluding hydrogens is 334 g/mol. The summed E-state index contributed by atoms with van der Waals surface area (Å²) in [5.74, 6) is -1.11. The van der Waals surface area contributed by atoms with E-state index >= 15 is 0 Å². The van der Waals surface area contributed by atoms with E-state index in [0.717, 1.165) is 18.7 Å². The van der Waals surface area contributed by atoms with E-state index in [2.05, 4.69) is 10.3 Å². The standard InChI is InChI=1S/C18H21N5O3/c1-21-8-7-13-9-22(12-18(13,11-21)17(25)26)16(24)15-10-23(20-19-15)14-5-3-2-4-6-14/h2-6,10,13H,7-9,11-12H2,1H3,(H,25,26)/t13-,18-/m0/s1. The number of piperidine rings is 1. The fraction of sp³-hybridized carbons (Fsp3) is 0.444. The second kappa shape index (κ2) is 6.21. The topological polar surface area (TPSA) is 91.6 Å². The minimum absolute atomic E-state index is 0.0238. The zero-order chi connectivity index (χ0) is 18.3. The highest BCUT2D eigenvalue weighted by Gasteiger charge is 2.55. The van der Waals surface area contributed by atoms with Gasteiger partial charge in [0.15, 0.2) is 5.69 Å². The van der Waals surface area contributed by atoms with Crippen LogP contribution in [0.3, 0.4) is 0 Å². The summed E-state index contributed by atoms with van der Waals surface area (Å²) in [6, 6.07) is 9.43. The van der Waals surface area contributed by atoms with Crippen LogP contribution in [0, 0.1) is 11.3 Å². The van der Waals surface area contributed by atoms with Crippen LogP contribution in [0.5, 0.6) is 0 Å². The molecular formula is C18H21N5O3. The van der Waals surface area contributed by atoms with Crippen molar-refractivity contribution in [2.75, 3.05) is 33.2 Å². The van der Waals surface area contributed by atoms with Gasteiger partial charge < -0.3 is 14.9 Å². The molecule has 0 saturated carbocycles. The highest BCUT2D eigenvalue weighted by atomic mass is 16.4. The van der Waals surface area contributed by atoms with Gasteiger partial charge in [-0.05, 0) is 38.1 Å². The molecule has 1 aromatic heterocycles. The second-order valence-corrected chi connectivity index (χ2v) is 7.25. The Bertz CT molecular complexity index is 836. The van der Waals surface area contributed by atoms with Crippen molar-refractivity contribution in [2.24, 2.45) is 11.3 Å². The van der Waals surface area contributed by atoms with Crippen molar-refractivity contribution in [1.29, 1.82) is 0 Å². The third-order valence-electron chi connectivity index (χ3n) is 5.55. The van der Waals surface area contributed by atoms with Gasteiger partial charge in [0.1, 0.15) is 5.41 Å². The Balaban J connectivity index is 1.56. The number of hydrogen-bond acceptors (Lipinski definition) is 5. The molecule has 3 heterocycles. The van der Waals surface area contributed by atoms with Crippen molar-refractivity contribution >= 4 is 11.9 Å². The monoisotopic (exact) mass is 355 g/mol. The fourth-order valence-electron chi connectivity index (χ4n) is 4.15. The maximum absolute atomic E-state index is 12.9. The molecule has 4 rings (SSSR count). The molecule has 1 N–H and O–H groups in total. The summed E-state index contributed by atoms with van der Waals surface area (Å²) in [5.41, 5.74) is 0.164. The van der Waals surface area contributed by atoms with Gasteiger partial charge in [-0.1, -0.05) is 23.4 Å². The van der Waals surface area contributed by atoms with E-state index in [9.17, 15) is 14.7 Å². The van der Waals surface area contributed by atoms with Crippen LogP contribution in [0.1, 0.15) is 16.9 Å². The second-order valence-electron chi connectivity index (χ2n) is 7.25. The summed E-state index contributed by atoms with van der Waals surface area (Å²) in [5, 5.41) is 17.9. The number of carboxylic acid groups (broad SMARTS) is 1. The van der Waals surface area contributed by atoms with Crippen LogP contribution >= 0.6 is 0 Å². The lowest BCUT2D eigenvalue weighted by atomic mass is 9.73. The average Bonchev–Trinajstić information content (AvgIpc) is 3.27. The molecule has 2 saturated heterocycles. The molecule has 0 bridgehead atoms. The predicted octanol–water partition coefficient (Wildman–Crippen LogP) is 0.746. The number of aliphatic carboxylic acids is 1. The van der Waals surface area contributed by atoms with Crippen LogP contribution in [0.25, 0.3) is 5.69 Å². The van der Waals surface area contributed by atoms with E-state index in [1.165, 1.54) is 0 Å². The largest absolute Gasteiger partial charge is 0.481 e. The summed E-state index contributed by atoms with van der Waals surface area (Å²) in [6.45, 7) is 1.99. The zero-order valence-electron chi connectivity index (χ0n) is 14.6. The molecule has 26 heavy (non-hydrogen) atoms. The first-order valence-electron chi connectivity index (χ1n) is 8.68. The number of carbonyl (C=O) groups excluding carboxylic acids is 1. The van der Waals surface area contributed by atoms with Crippen LogP contribution < -0.4 is 0 Å². The average molecular weight is 355 g/mol. The van der Waals surface area contributed by atoms with E-state index in [4.69, 9.17) is 0 Å². The van der Waals surface area contributed by atoms with E-state index in [-0.39, 0.29) is 24.1 Å². The smallest absolute Gasteiger partial charge is 0.313 e. The molecule has 0 aliphatic carbocycles. The van der Waals surface area contributed by atoms with E-state index in [1.54, 1.807) is 15.8 Å². The third kappa shape index (κ3) is 2.66. The highest BCUT2D eigenvalue weighted by molar-refractivity contribution is 5.93. The lowest BCUT2D eigenvalue weighted by Crippen LogP contribution is -2.52. The molecule has 1 aromatic carbocycles. The molecule has 0 spiro atoms. The number of rotatable bonds is 3. The molecule has 0 radical (unpaired) electrons. The minimum Gasteiger partial charge on any atom is -0.481 e. The fourth-order valence-corrected chi connectivity index (χ4v) is 4.15. The van der Waals surface area contributed by atoms with Crippen molar-refractivity contribution in [3.05, 3.63) is 42.2 Å². The van der Waals surface area contributed by atoms with Crippen molar-refractivity contribution in [3.63, 3.8) is 0 Å². The zero-order valence-corrected chi connectivity index (χ0v) is 14.6. The maximum atomic E-state index is 12.9.